The summed E-state index contributed by atoms with van der Waals surface area (Å²) in [5, 5.41) is 6.96. The SMILES string of the molecule is O=C1CCC(NCc2cn3cc(Cl)ccc3n2)CN1. The number of nitrogens with one attached hydrogen (secondary N) is 2. The van der Waals surface area contributed by atoms with Crippen molar-refractivity contribution in [2.24, 2.45) is 0 Å². The van der Waals surface area contributed by atoms with Crippen LogP contribution in [0.1, 0.15) is 18.5 Å². The molecular weight excluding hydrogens is 264 g/mol. The third kappa shape index (κ3) is 2.88. The van der Waals surface area contributed by atoms with Crippen LogP contribution in [0.25, 0.3) is 5.65 Å². The van der Waals surface area contributed by atoms with Crippen LogP contribution in [0.5, 0.6) is 0 Å². The van der Waals surface area contributed by atoms with E-state index < -0.39 is 0 Å². The molecule has 1 aliphatic rings. The van der Waals surface area contributed by atoms with Gasteiger partial charge in [0.25, 0.3) is 0 Å². The zero-order chi connectivity index (χ0) is 13.2. The summed E-state index contributed by atoms with van der Waals surface area (Å²) in [6.07, 6.45) is 5.29. The minimum atomic E-state index is 0.139. The highest BCUT2D eigenvalue weighted by Crippen LogP contribution is 2.12. The van der Waals surface area contributed by atoms with Crippen LogP contribution >= 0.6 is 11.6 Å². The molecule has 2 aromatic rings. The number of halogens is 1. The molecule has 0 saturated carbocycles. The zero-order valence-corrected chi connectivity index (χ0v) is 11.2. The van der Waals surface area contributed by atoms with Gasteiger partial charge in [0.1, 0.15) is 5.65 Å². The van der Waals surface area contributed by atoms with Gasteiger partial charge in [-0.3, -0.25) is 4.79 Å². The Kier molecular flexibility index (Phi) is 3.40. The molecule has 2 aromatic heterocycles. The Morgan fingerprint density at radius 3 is 3.16 bits per heavy atom. The smallest absolute Gasteiger partial charge is 0.220 e. The fraction of sp³-hybridized carbons (Fsp3) is 0.385. The van der Waals surface area contributed by atoms with E-state index in [1.165, 1.54) is 0 Å². The number of hydrogen-bond donors (Lipinski definition) is 2. The van der Waals surface area contributed by atoms with Gasteiger partial charge in [0.15, 0.2) is 0 Å². The van der Waals surface area contributed by atoms with Crippen molar-refractivity contribution in [1.82, 2.24) is 20.0 Å². The van der Waals surface area contributed by atoms with E-state index in [0.29, 0.717) is 30.6 Å². The first-order valence-corrected chi connectivity index (χ1v) is 6.72. The van der Waals surface area contributed by atoms with Crippen LogP contribution in [0.2, 0.25) is 5.02 Å². The lowest BCUT2D eigenvalue weighted by Crippen LogP contribution is -2.45. The lowest BCUT2D eigenvalue weighted by Gasteiger charge is -2.23. The van der Waals surface area contributed by atoms with Crippen LogP contribution in [-0.2, 0) is 11.3 Å². The molecule has 5 nitrogen and oxygen atoms in total. The number of pyridine rings is 1. The van der Waals surface area contributed by atoms with Gasteiger partial charge < -0.3 is 15.0 Å². The van der Waals surface area contributed by atoms with Crippen LogP contribution in [0.4, 0.5) is 0 Å². The molecule has 3 rings (SSSR count). The second-order valence-corrected chi connectivity index (χ2v) is 5.20. The predicted molar refractivity (Wildman–Crippen MR) is 73.1 cm³/mol. The first-order valence-electron chi connectivity index (χ1n) is 6.34. The molecule has 0 spiro atoms. The highest BCUT2D eigenvalue weighted by atomic mass is 35.5. The Balaban J connectivity index is 1.63. The average molecular weight is 279 g/mol. The highest BCUT2D eigenvalue weighted by Gasteiger charge is 2.17. The molecule has 0 aromatic carbocycles. The molecule has 1 saturated heterocycles. The normalized spacial score (nSPS) is 19.6. The molecule has 1 aliphatic heterocycles. The quantitative estimate of drug-likeness (QED) is 0.891. The first kappa shape index (κ1) is 12.4. The number of carbonyl (C=O) groups is 1. The number of fused-ring (bicyclic) bond motifs is 1. The predicted octanol–water partition coefficient (Wildman–Crippen LogP) is 1.36. The summed E-state index contributed by atoms with van der Waals surface area (Å²) in [6.45, 7) is 1.39. The maximum atomic E-state index is 11.1. The molecule has 1 atom stereocenters. The monoisotopic (exact) mass is 278 g/mol. The van der Waals surface area contributed by atoms with E-state index in [1.54, 1.807) is 0 Å². The van der Waals surface area contributed by atoms with Gasteiger partial charge in [-0.2, -0.15) is 0 Å². The maximum absolute atomic E-state index is 11.1. The van der Waals surface area contributed by atoms with Crippen molar-refractivity contribution in [3.8, 4) is 0 Å². The maximum Gasteiger partial charge on any atom is 0.220 e. The van der Waals surface area contributed by atoms with Gasteiger partial charge in [-0.15, -0.1) is 0 Å². The first-order chi connectivity index (χ1) is 9.20. The zero-order valence-electron chi connectivity index (χ0n) is 10.4. The largest absolute Gasteiger partial charge is 0.355 e. The second kappa shape index (κ2) is 5.19. The topological polar surface area (TPSA) is 58.4 Å². The van der Waals surface area contributed by atoms with Crippen molar-refractivity contribution in [2.75, 3.05) is 6.54 Å². The average Bonchev–Trinajstić information content (AvgIpc) is 2.80. The number of rotatable bonds is 3. The Bertz CT molecular complexity index is 600. The highest BCUT2D eigenvalue weighted by molar-refractivity contribution is 6.30. The van der Waals surface area contributed by atoms with E-state index in [0.717, 1.165) is 17.8 Å². The minimum Gasteiger partial charge on any atom is -0.355 e. The Morgan fingerprint density at radius 2 is 2.37 bits per heavy atom. The lowest BCUT2D eigenvalue weighted by atomic mass is 10.1. The van der Waals surface area contributed by atoms with E-state index >= 15 is 0 Å². The number of amides is 1. The molecule has 1 unspecified atom stereocenters. The third-order valence-electron chi connectivity index (χ3n) is 3.30. The van der Waals surface area contributed by atoms with E-state index in [4.69, 9.17) is 11.6 Å². The van der Waals surface area contributed by atoms with Crippen molar-refractivity contribution >= 4 is 23.2 Å². The molecule has 1 amide bonds. The molecule has 2 N–H and O–H groups in total. The summed E-state index contributed by atoms with van der Waals surface area (Å²) in [4.78, 5) is 15.6. The molecule has 6 heteroatoms. The van der Waals surface area contributed by atoms with Gasteiger partial charge in [0.2, 0.25) is 5.91 Å². The number of hydrogen-bond acceptors (Lipinski definition) is 3. The minimum absolute atomic E-state index is 0.139. The summed E-state index contributed by atoms with van der Waals surface area (Å²) < 4.78 is 1.92. The summed E-state index contributed by atoms with van der Waals surface area (Å²) >= 11 is 5.94. The number of piperidine rings is 1. The van der Waals surface area contributed by atoms with Crippen LogP contribution in [0.15, 0.2) is 24.5 Å². The van der Waals surface area contributed by atoms with Gasteiger partial charge in [0.05, 0.1) is 10.7 Å². The van der Waals surface area contributed by atoms with E-state index in [-0.39, 0.29) is 5.91 Å². The van der Waals surface area contributed by atoms with Crippen molar-refractivity contribution in [3.63, 3.8) is 0 Å². The van der Waals surface area contributed by atoms with Gasteiger partial charge in [-0.25, -0.2) is 4.98 Å². The Hall–Kier alpha value is -1.59. The molecule has 100 valence electrons. The van der Waals surface area contributed by atoms with Gasteiger partial charge in [0, 0.05) is 37.9 Å². The van der Waals surface area contributed by atoms with Crippen molar-refractivity contribution < 1.29 is 4.79 Å². The standard InChI is InChI=1S/C13H15ClN4O/c14-9-1-3-12-17-11(8-18(12)7-9)6-15-10-2-4-13(19)16-5-10/h1,3,7-8,10,15H,2,4-6H2,(H,16,19). The van der Waals surface area contributed by atoms with E-state index in [2.05, 4.69) is 15.6 Å². The van der Waals surface area contributed by atoms with Gasteiger partial charge >= 0.3 is 0 Å². The number of imidazole rings is 1. The van der Waals surface area contributed by atoms with Crippen molar-refractivity contribution in [1.29, 1.82) is 0 Å². The fourth-order valence-electron chi connectivity index (χ4n) is 2.26. The molecule has 0 radical (unpaired) electrons. The van der Waals surface area contributed by atoms with E-state index in [1.807, 2.05) is 28.9 Å². The lowest BCUT2D eigenvalue weighted by molar-refractivity contribution is -0.122. The van der Waals surface area contributed by atoms with Crippen molar-refractivity contribution in [2.45, 2.75) is 25.4 Å². The Labute approximate surface area is 116 Å². The van der Waals surface area contributed by atoms with Crippen LogP contribution in [0.3, 0.4) is 0 Å². The van der Waals surface area contributed by atoms with Crippen LogP contribution < -0.4 is 10.6 Å². The molecule has 19 heavy (non-hydrogen) atoms. The van der Waals surface area contributed by atoms with Crippen LogP contribution in [0, 0.1) is 0 Å². The second-order valence-electron chi connectivity index (χ2n) is 4.77. The third-order valence-corrected chi connectivity index (χ3v) is 3.53. The van der Waals surface area contributed by atoms with Gasteiger partial charge in [-0.1, -0.05) is 11.6 Å². The molecule has 0 aliphatic carbocycles. The molecule has 0 bridgehead atoms. The number of nitrogens with zero attached hydrogens (tertiary/aromatic N) is 2. The summed E-state index contributed by atoms with van der Waals surface area (Å²) in [6, 6.07) is 4.05. The summed E-state index contributed by atoms with van der Waals surface area (Å²) in [5.74, 6) is 0.139. The van der Waals surface area contributed by atoms with E-state index in [9.17, 15) is 4.79 Å². The summed E-state index contributed by atoms with van der Waals surface area (Å²) in [7, 11) is 0. The Morgan fingerprint density at radius 1 is 1.47 bits per heavy atom. The van der Waals surface area contributed by atoms with Crippen molar-refractivity contribution in [3.05, 3.63) is 35.2 Å². The number of carbonyl (C=O) groups excluding carboxylic acids is 1. The van der Waals surface area contributed by atoms with Crippen LogP contribution in [-0.4, -0.2) is 27.9 Å². The molecule has 3 heterocycles. The number of aromatic nitrogens is 2. The molecule has 1 fully saturated rings. The molecular formula is C13H15ClN4O. The summed E-state index contributed by atoms with van der Waals surface area (Å²) in [5.41, 5.74) is 1.86. The fourth-order valence-corrected chi connectivity index (χ4v) is 2.43. The van der Waals surface area contributed by atoms with Gasteiger partial charge in [-0.05, 0) is 18.6 Å².